The first-order chi connectivity index (χ1) is 6.37. The van der Waals surface area contributed by atoms with Crippen LogP contribution < -0.4 is 5.32 Å². The molecule has 6 nitrogen and oxygen atoms in total. The van der Waals surface area contributed by atoms with Crippen molar-refractivity contribution in [2.24, 2.45) is 0 Å². The molecule has 0 aromatic heterocycles. The Labute approximate surface area is 82.4 Å². The van der Waals surface area contributed by atoms with Gasteiger partial charge in [0.15, 0.2) is 0 Å². The number of hydrogen-bond acceptors (Lipinski definition) is 4. The number of nitrogens with one attached hydrogen (secondary N) is 1. The summed E-state index contributed by atoms with van der Waals surface area (Å²) in [7, 11) is -3.43. The lowest BCUT2D eigenvalue weighted by Gasteiger charge is -2.10. The van der Waals surface area contributed by atoms with Crippen LogP contribution in [0.15, 0.2) is 0 Å². The highest BCUT2D eigenvalue weighted by molar-refractivity contribution is 7.86. The molecule has 7 heteroatoms. The van der Waals surface area contributed by atoms with E-state index in [9.17, 15) is 13.2 Å². The molecule has 1 fully saturated rings. The van der Waals surface area contributed by atoms with Crippen molar-refractivity contribution in [1.82, 2.24) is 5.32 Å². The smallest absolute Gasteiger partial charge is 0.404 e. The van der Waals surface area contributed by atoms with Gasteiger partial charge in [-0.05, 0) is 19.3 Å². The Kier molecular flexibility index (Phi) is 3.33. The molecule has 14 heavy (non-hydrogen) atoms. The van der Waals surface area contributed by atoms with E-state index in [2.05, 4.69) is 5.32 Å². The van der Waals surface area contributed by atoms with Gasteiger partial charge in [-0.2, -0.15) is 8.42 Å². The highest BCUT2D eigenvalue weighted by Crippen LogP contribution is 2.23. The van der Waals surface area contributed by atoms with Gasteiger partial charge in [0.25, 0.3) is 10.1 Å². The van der Waals surface area contributed by atoms with E-state index in [-0.39, 0.29) is 12.1 Å². The number of carbonyl (C=O) groups is 1. The van der Waals surface area contributed by atoms with Gasteiger partial charge < -0.3 is 10.4 Å². The number of hydrogen-bond donors (Lipinski definition) is 2. The monoisotopic (exact) mass is 223 g/mol. The van der Waals surface area contributed by atoms with E-state index in [1.807, 2.05) is 0 Å². The summed E-state index contributed by atoms with van der Waals surface area (Å²) in [6, 6.07) is -0.195. The molecule has 2 atom stereocenters. The topological polar surface area (TPSA) is 92.7 Å². The zero-order chi connectivity index (χ0) is 10.8. The highest BCUT2D eigenvalue weighted by atomic mass is 32.2. The molecular weight excluding hydrogens is 210 g/mol. The maximum absolute atomic E-state index is 10.8. The molecule has 0 spiro atoms. The molecule has 1 rings (SSSR count). The van der Waals surface area contributed by atoms with Crippen molar-refractivity contribution in [1.29, 1.82) is 0 Å². The summed E-state index contributed by atoms with van der Waals surface area (Å²) in [4.78, 5) is 10.3. The lowest BCUT2D eigenvalue weighted by molar-refractivity contribution is 0.187. The zero-order valence-corrected chi connectivity index (χ0v) is 8.58. The van der Waals surface area contributed by atoms with Gasteiger partial charge in [-0.3, -0.25) is 4.18 Å². The minimum atomic E-state index is -3.43. The molecule has 0 aliphatic heterocycles. The second-order valence-electron chi connectivity index (χ2n) is 3.38. The van der Waals surface area contributed by atoms with Crippen LogP contribution in [0.4, 0.5) is 4.79 Å². The predicted molar refractivity (Wildman–Crippen MR) is 48.5 cm³/mol. The van der Waals surface area contributed by atoms with Crippen LogP contribution in [0.2, 0.25) is 0 Å². The fourth-order valence-electron chi connectivity index (χ4n) is 1.58. The van der Waals surface area contributed by atoms with Gasteiger partial charge in [0.05, 0.1) is 12.4 Å². The number of rotatable bonds is 3. The summed E-state index contributed by atoms with van der Waals surface area (Å²) in [6.45, 7) is 0. The third kappa shape index (κ3) is 3.93. The van der Waals surface area contributed by atoms with Gasteiger partial charge >= 0.3 is 6.09 Å². The van der Waals surface area contributed by atoms with Crippen molar-refractivity contribution in [2.75, 3.05) is 6.26 Å². The summed E-state index contributed by atoms with van der Waals surface area (Å²) in [5.74, 6) is 0. The van der Waals surface area contributed by atoms with E-state index in [4.69, 9.17) is 9.29 Å². The minimum Gasteiger partial charge on any atom is -0.465 e. The van der Waals surface area contributed by atoms with Gasteiger partial charge in [0.1, 0.15) is 0 Å². The van der Waals surface area contributed by atoms with Gasteiger partial charge in [-0.25, -0.2) is 4.79 Å². The van der Waals surface area contributed by atoms with Crippen molar-refractivity contribution in [3.05, 3.63) is 0 Å². The normalized spacial score (nSPS) is 27.5. The summed E-state index contributed by atoms with van der Waals surface area (Å²) in [5, 5.41) is 10.7. The van der Waals surface area contributed by atoms with Crippen LogP contribution in [-0.2, 0) is 14.3 Å². The maximum Gasteiger partial charge on any atom is 0.404 e. The molecule has 0 heterocycles. The van der Waals surface area contributed by atoms with Crippen molar-refractivity contribution < 1.29 is 22.5 Å². The Morgan fingerprint density at radius 2 is 2.14 bits per heavy atom. The van der Waals surface area contributed by atoms with Gasteiger partial charge in [-0.1, -0.05) is 0 Å². The van der Waals surface area contributed by atoms with Gasteiger partial charge in [-0.15, -0.1) is 0 Å². The van der Waals surface area contributed by atoms with Crippen LogP contribution in [0.1, 0.15) is 19.3 Å². The van der Waals surface area contributed by atoms with Gasteiger partial charge in [0.2, 0.25) is 0 Å². The first kappa shape index (κ1) is 11.3. The van der Waals surface area contributed by atoms with Crippen LogP contribution in [0.3, 0.4) is 0 Å². The van der Waals surface area contributed by atoms with E-state index >= 15 is 0 Å². The highest BCUT2D eigenvalue weighted by Gasteiger charge is 2.28. The molecule has 0 aromatic carbocycles. The average Bonchev–Trinajstić information content (AvgIpc) is 2.30. The predicted octanol–water partition coefficient (Wildman–Crippen LogP) is 0.151. The fourth-order valence-corrected chi connectivity index (χ4v) is 2.25. The molecule has 0 saturated heterocycles. The molecule has 1 aliphatic rings. The lowest BCUT2D eigenvalue weighted by Crippen LogP contribution is -2.32. The lowest BCUT2D eigenvalue weighted by atomic mass is 10.2. The first-order valence-electron chi connectivity index (χ1n) is 4.24. The van der Waals surface area contributed by atoms with Crippen molar-refractivity contribution >= 4 is 16.2 Å². The number of carboxylic acid groups (broad SMARTS) is 1. The molecule has 1 saturated carbocycles. The first-order valence-corrected chi connectivity index (χ1v) is 6.06. The third-order valence-electron chi connectivity index (χ3n) is 2.02. The summed E-state index contributed by atoms with van der Waals surface area (Å²) >= 11 is 0. The molecule has 0 radical (unpaired) electrons. The van der Waals surface area contributed by atoms with Crippen molar-refractivity contribution in [2.45, 2.75) is 31.4 Å². The van der Waals surface area contributed by atoms with E-state index in [0.29, 0.717) is 19.3 Å². The van der Waals surface area contributed by atoms with Crippen LogP contribution in [0, 0.1) is 0 Å². The molecule has 0 aromatic rings. The van der Waals surface area contributed by atoms with Crippen molar-refractivity contribution in [3.63, 3.8) is 0 Å². The SMILES string of the molecule is CS(=O)(=O)O[C@@H]1CC[C@H](NC(=O)O)C1. The molecule has 0 unspecified atom stereocenters. The zero-order valence-electron chi connectivity index (χ0n) is 7.76. The van der Waals surface area contributed by atoms with Crippen LogP contribution in [0.5, 0.6) is 0 Å². The van der Waals surface area contributed by atoms with Crippen molar-refractivity contribution in [3.8, 4) is 0 Å². The Bertz CT molecular complexity index is 312. The Balaban J connectivity index is 2.38. The quantitative estimate of drug-likeness (QED) is 0.664. The van der Waals surface area contributed by atoms with E-state index in [1.165, 1.54) is 0 Å². The molecule has 2 N–H and O–H groups in total. The van der Waals surface area contributed by atoms with Crippen LogP contribution in [-0.4, -0.2) is 38.0 Å². The number of amides is 1. The second kappa shape index (κ2) is 4.14. The largest absolute Gasteiger partial charge is 0.465 e. The van der Waals surface area contributed by atoms with Crippen LogP contribution in [0.25, 0.3) is 0 Å². The molecule has 1 aliphatic carbocycles. The van der Waals surface area contributed by atoms with E-state index in [1.54, 1.807) is 0 Å². The fraction of sp³-hybridized carbons (Fsp3) is 0.857. The summed E-state index contributed by atoms with van der Waals surface area (Å²) in [6.07, 6.45) is 1.12. The Morgan fingerprint density at radius 3 is 2.64 bits per heavy atom. The minimum absolute atomic E-state index is 0.195. The standard InChI is InChI=1S/C7H13NO5S/c1-14(11,12)13-6-3-2-5(4-6)8-7(9)10/h5-6,8H,2-4H2,1H3,(H,9,10)/t5-,6+/m0/s1. The second-order valence-corrected chi connectivity index (χ2v) is 4.98. The third-order valence-corrected chi connectivity index (χ3v) is 2.64. The molecule has 82 valence electrons. The van der Waals surface area contributed by atoms with E-state index < -0.39 is 16.2 Å². The molecule has 1 amide bonds. The van der Waals surface area contributed by atoms with E-state index in [0.717, 1.165) is 6.26 Å². The molecular formula is C7H13NO5S. The Hall–Kier alpha value is -0.820. The Morgan fingerprint density at radius 1 is 1.50 bits per heavy atom. The summed E-state index contributed by atoms with van der Waals surface area (Å²) < 4.78 is 26.3. The maximum atomic E-state index is 10.8. The summed E-state index contributed by atoms with van der Waals surface area (Å²) in [5.41, 5.74) is 0. The van der Waals surface area contributed by atoms with Gasteiger partial charge in [0, 0.05) is 6.04 Å². The average molecular weight is 223 g/mol. The molecule has 0 bridgehead atoms. The van der Waals surface area contributed by atoms with Crippen LogP contribution >= 0.6 is 0 Å².